The Morgan fingerprint density at radius 2 is 2.00 bits per heavy atom. The fourth-order valence-corrected chi connectivity index (χ4v) is 3.37. The first-order chi connectivity index (χ1) is 11.1. The maximum absolute atomic E-state index is 12.2. The zero-order valence-corrected chi connectivity index (χ0v) is 13.9. The van der Waals surface area contributed by atoms with E-state index >= 15 is 0 Å². The molecule has 0 bridgehead atoms. The van der Waals surface area contributed by atoms with Crippen molar-refractivity contribution in [3.63, 3.8) is 0 Å². The number of benzene rings is 1. The van der Waals surface area contributed by atoms with Crippen LogP contribution in [0.3, 0.4) is 0 Å². The zero-order chi connectivity index (χ0) is 16.7. The number of carbonyl (C=O) groups excluding carboxylic acids is 1. The lowest BCUT2D eigenvalue weighted by Gasteiger charge is -2.22. The van der Waals surface area contributed by atoms with Gasteiger partial charge >= 0.3 is 5.97 Å². The lowest BCUT2D eigenvalue weighted by molar-refractivity contribution is -0.139. The Bertz CT molecular complexity index is 535. The summed E-state index contributed by atoms with van der Waals surface area (Å²) in [7, 11) is 0. The largest absolute Gasteiger partial charge is 0.480 e. The van der Waals surface area contributed by atoms with E-state index in [0.717, 1.165) is 24.3 Å². The molecule has 2 rings (SSSR count). The van der Waals surface area contributed by atoms with Gasteiger partial charge in [0.1, 0.15) is 6.04 Å². The summed E-state index contributed by atoms with van der Waals surface area (Å²) in [5.41, 5.74) is 1.50. The Balaban J connectivity index is 1.83. The maximum atomic E-state index is 12.2. The van der Waals surface area contributed by atoms with Crippen LogP contribution in [0.1, 0.15) is 67.3 Å². The molecular weight excluding hydrogens is 290 g/mol. The first kappa shape index (κ1) is 17.5. The lowest BCUT2D eigenvalue weighted by Crippen LogP contribution is -2.40. The highest BCUT2D eigenvalue weighted by Crippen LogP contribution is 2.27. The van der Waals surface area contributed by atoms with Gasteiger partial charge in [-0.3, -0.25) is 4.79 Å². The number of aliphatic carboxylic acids is 1. The van der Waals surface area contributed by atoms with Gasteiger partial charge in [-0.2, -0.15) is 0 Å². The van der Waals surface area contributed by atoms with E-state index in [-0.39, 0.29) is 5.91 Å². The first-order valence-electron chi connectivity index (χ1n) is 8.66. The van der Waals surface area contributed by atoms with Crippen LogP contribution in [0.5, 0.6) is 0 Å². The number of carboxylic acids is 1. The van der Waals surface area contributed by atoms with Gasteiger partial charge in [0.2, 0.25) is 0 Å². The molecule has 1 aliphatic carbocycles. The van der Waals surface area contributed by atoms with Gasteiger partial charge < -0.3 is 10.4 Å². The second-order valence-electron chi connectivity index (χ2n) is 6.67. The summed E-state index contributed by atoms with van der Waals surface area (Å²) in [6.07, 6.45) is 8.92. The van der Waals surface area contributed by atoms with E-state index in [1.807, 2.05) is 19.1 Å². The number of carbonyl (C=O) groups is 2. The van der Waals surface area contributed by atoms with Crippen molar-refractivity contribution in [2.24, 2.45) is 5.92 Å². The Hall–Kier alpha value is -1.84. The second kappa shape index (κ2) is 8.70. The van der Waals surface area contributed by atoms with Crippen molar-refractivity contribution in [3.8, 4) is 0 Å². The lowest BCUT2D eigenvalue weighted by atomic mass is 9.85. The number of hydrogen-bond donors (Lipinski definition) is 2. The predicted octanol–water partition coefficient (Wildman–Crippen LogP) is 3.93. The van der Waals surface area contributed by atoms with Crippen LogP contribution in [-0.2, 0) is 4.79 Å². The molecule has 1 saturated carbocycles. The molecule has 23 heavy (non-hydrogen) atoms. The van der Waals surface area contributed by atoms with Gasteiger partial charge in [0, 0.05) is 5.56 Å². The molecule has 126 valence electrons. The van der Waals surface area contributed by atoms with Crippen molar-refractivity contribution in [2.75, 3.05) is 0 Å². The standard InChI is InChI=1S/C19H27NO3/c1-14-7-5-11-16(13-14)18(21)20-17(19(22)23)12-6-10-15-8-3-2-4-9-15/h5,7,11,13,15,17H,2-4,6,8-10,12H2,1H3,(H,20,21)(H,22,23)/t17-/m0/s1. The molecule has 4 nitrogen and oxygen atoms in total. The number of aryl methyl sites for hydroxylation is 1. The molecule has 0 aliphatic heterocycles. The summed E-state index contributed by atoms with van der Waals surface area (Å²) in [5.74, 6) is -0.515. The van der Waals surface area contributed by atoms with Gasteiger partial charge in [-0.25, -0.2) is 4.79 Å². The summed E-state index contributed by atoms with van der Waals surface area (Å²) in [5, 5.41) is 12.0. The van der Waals surface area contributed by atoms with Crippen molar-refractivity contribution in [1.82, 2.24) is 5.32 Å². The molecule has 0 radical (unpaired) electrons. The molecule has 2 N–H and O–H groups in total. The number of hydrogen-bond acceptors (Lipinski definition) is 2. The van der Waals surface area contributed by atoms with E-state index in [2.05, 4.69) is 5.32 Å². The normalized spacial score (nSPS) is 16.7. The van der Waals surface area contributed by atoms with E-state index in [9.17, 15) is 14.7 Å². The van der Waals surface area contributed by atoms with E-state index in [4.69, 9.17) is 0 Å². The highest BCUT2D eigenvalue weighted by atomic mass is 16.4. The molecule has 0 spiro atoms. The van der Waals surface area contributed by atoms with Crippen LogP contribution in [0, 0.1) is 12.8 Å². The van der Waals surface area contributed by atoms with Crippen molar-refractivity contribution < 1.29 is 14.7 Å². The molecule has 1 aromatic rings. The van der Waals surface area contributed by atoms with E-state index < -0.39 is 12.0 Å². The van der Waals surface area contributed by atoms with Crippen molar-refractivity contribution in [2.45, 2.75) is 64.3 Å². The van der Waals surface area contributed by atoms with Crippen molar-refractivity contribution in [1.29, 1.82) is 0 Å². The molecule has 0 aromatic heterocycles. The minimum Gasteiger partial charge on any atom is -0.480 e. The molecule has 0 heterocycles. The quantitative estimate of drug-likeness (QED) is 0.801. The second-order valence-corrected chi connectivity index (χ2v) is 6.67. The molecule has 0 saturated heterocycles. The van der Waals surface area contributed by atoms with Gasteiger partial charge in [0.15, 0.2) is 0 Å². The smallest absolute Gasteiger partial charge is 0.326 e. The molecule has 4 heteroatoms. The van der Waals surface area contributed by atoms with Crippen LogP contribution < -0.4 is 5.32 Å². The van der Waals surface area contributed by atoms with Crippen molar-refractivity contribution in [3.05, 3.63) is 35.4 Å². The number of rotatable bonds is 7. The third-order valence-electron chi connectivity index (χ3n) is 4.71. The third-order valence-corrected chi connectivity index (χ3v) is 4.71. The fourth-order valence-electron chi connectivity index (χ4n) is 3.37. The topological polar surface area (TPSA) is 66.4 Å². The summed E-state index contributed by atoms with van der Waals surface area (Å²) in [4.78, 5) is 23.6. The highest BCUT2D eigenvalue weighted by molar-refractivity contribution is 5.96. The van der Waals surface area contributed by atoms with Crippen LogP contribution >= 0.6 is 0 Å². The SMILES string of the molecule is Cc1cccc(C(=O)N[C@@H](CCCC2CCCCC2)C(=O)O)c1. The maximum Gasteiger partial charge on any atom is 0.326 e. The molecule has 1 amide bonds. The van der Waals surface area contributed by atoms with Crippen LogP contribution in [0.25, 0.3) is 0 Å². The summed E-state index contributed by atoms with van der Waals surface area (Å²) >= 11 is 0. The van der Waals surface area contributed by atoms with Gasteiger partial charge in [0.05, 0.1) is 0 Å². The summed E-state index contributed by atoms with van der Waals surface area (Å²) < 4.78 is 0. The van der Waals surface area contributed by atoms with Crippen LogP contribution in [0.15, 0.2) is 24.3 Å². The monoisotopic (exact) mass is 317 g/mol. The number of nitrogens with one attached hydrogen (secondary N) is 1. The van der Waals surface area contributed by atoms with E-state index in [1.165, 1.54) is 32.1 Å². The molecule has 1 fully saturated rings. The highest BCUT2D eigenvalue weighted by Gasteiger charge is 2.21. The van der Waals surface area contributed by atoms with Crippen LogP contribution in [-0.4, -0.2) is 23.0 Å². The minimum absolute atomic E-state index is 0.307. The Kier molecular flexibility index (Phi) is 6.63. The Morgan fingerprint density at radius 3 is 2.65 bits per heavy atom. The Labute approximate surface area is 138 Å². The molecular formula is C19H27NO3. The van der Waals surface area contributed by atoms with E-state index in [1.54, 1.807) is 12.1 Å². The fraction of sp³-hybridized carbons (Fsp3) is 0.579. The molecule has 1 aliphatic rings. The minimum atomic E-state index is -0.949. The molecule has 1 atom stereocenters. The average molecular weight is 317 g/mol. The van der Waals surface area contributed by atoms with Gasteiger partial charge in [-0.15, -0.1) is 0 Å². The average Bonchev–Trinajstić information content (AvgIpc) is 2.54. The predicted molar refractivity (Wildman–Crippen MR) is 90.5 cm³/mol. The van der Waals surface area contributed by atoms with Crippen LogP contribution in [0.4, 0.5) is 0 Å². The van der Waals surface area contributed by atoms with Crippen molar-refractivity contribution >= 4 is 11.9 Å². The summed E-state index contributed by atoms with van der Waals surface area (Å²) in [6.45, 7) is 1.91. The van der Waals surface area contributed by atoms with Crippen LogP contribution in [0.2, 0.25) is 0 Å². The third kappa shape index (κ3) is 5.70. The van der Waals surface area contributed by atoms with Gasteiger partial charge in [-0.05, 0) is 31.4 Å². The zero-order valence-electron chi connectivity index (χ0n) is 13.9. The number of carboxylic acid groups (broad SMARTS) is 1. The Morgan fingerprint density at radius 1 is 1.26 bits per heavy atom. The summed E-state index contributed by atoms with van der Waals surface area (Å²) in [6, 6.07) is 6.41. The molecule has 1 aromatic carbocycles. The van der Waals surface area contributed by atoms with E-state index in [0.29, 0.717) is 12.0 Å². The number of amides is 1. The van der Waals surface area contributed by atoms with Gasteiger partial charge in [-0.1, -0.05) is 62.6 Å². The molecule has 0 unspecified atom stereocenters. The first-order valence-corrected chi connectivity index (χ1v) is 8.66. The van der Waals surface area contributed by atoms with Gasteiger partial charge in [0.25, 0.3) is 5.91 Å².